The van der Waals surface area contributed by atoms with Gasteiger partial charge >= 0.3 is 0 Å². The number of hydrogen-bond acceptors (Lipinski definition) is 1. The number of hydrogen-bond donors (Lipinski definition) is 1. The van der Waals surface area contributed by atoms with Crippen LogP contribution in [0.15, 0.2) is 12.1 Å². The number of anilines is 1. The Kier molecular flexibility index (Phi) is 5.48. The summed E-state index contributed by atoms with van der Waals surface area (Å²) in [5, 5.41) is 5.17. The van der Waals surface area contributed by atoms with Gasteiger partial charge in [0, 0.05) is 11.1 Å². The second-order valence-electron chi connectivity index (χ2n) is 7.49. The van der Waals surface area contributed by atoms with E-state index in [9.17, 15) is 0 Å². The van der Waals surface area contributed by atoms with Crippen molar-refractivity contribution in [2.75, 3.05) is 5.32 Å². The molecule has 21 heavy (non-hydrogen) atoms. The van der Waals surface area contributed by atoms with Crippen LogP contribution >= 0.6 is 23.2 Å². The lowest BCUT2D eigenvalue weighted by Crippen LogP contribution is -2.21. The molecule has 0 saturated heterocycles. The van der Waals surface area contributed by atoms with Gasteiger partial charge in [0.15, 0.2) is 0 Å². The summed E-state index contributed by atoms with van der Waals surface area (Å²) in [5.74, 6) is 0.821. The minimum Gasteiger partial charge on any atom is -0.381 e. The van der Waals surface area contributed by atoms with E-state index < -0.39 is 0 Å². The Morgan fingerprint density at radius 2 is 1.71 bits per heavy atom. The van der Waals surface area contributed by atoms with Crippen LogP contribution in [0.25, 0.3) is 0 Å². The third kappa shape index (κ3) is 4.53. The van der Waals surface area contributed by atoms with E-state index in [1.54, 1.807) is 0 Å². The van der Waals surface area contributed by atoms with E-state index in [1.807, 2.05) is 19.1 Å². The first-order valence-corrected chi connectivity index (χ1v) is 8.75. The van der Waals surface area contributed by atoms with E-state index in [0.717, 1.165) is 27.2 Å². The van der Waals surface area contributed by atoms with Crippen molar-refractivity contribution in [2.45, 2.75) is 65.8 Å². The summed E-state index contributed by atoms with van der Waals surface area (Å²) in [5.41, 5.74) is 2.42. The standard InChI is InChI=1S/C18H27Cl2N/c1-12-10-16(20)17(11-15(12)19)21-14-7-5-6-13(8-9-14)18(2,3)4/h10-11,13-14,21H,5-9H2,1-4H3. The summed E-state index contributed by atoms with van der Waals surface area (Å²) < 4.78 is 0. The Morgan fingerprint density at radius 1 is 1.00 bits per heavy atom. The van der Waals surface area contributed by atoms with Crippen molar-refractivity contribution in [3.8, 4) is 0 Å². The fourth-order valence-electron chi connectivity index (χ4n) is 3.29. The maximum absolute atomic E-state index is 6.34. The highest BCUT2D eigenvalue weighted by Crippen LogP contribution is 2.38. The summed E-state index contributed by atoms with van der Waals surface area (Å²) in [4.78, 5) is 0. The minimum atomic E-state index is 0.416. The van der Waals surface area contributed by atoms with Crippen LogP contribution in [0.1, 0.15) is 58.4 Å². The lowest BCUT2D eigenvalue weighted by Gasteiger charge is -2.29. The number of halogens is 2. The topological polar surface area (TPSA) is 12.0 Å². The maximum atomic E-state index is 6.34. The molecule has 1 fully saturated rings. The highest BCUT2D eigenvalue weighted by molar-refractivity contribution is 6.35. The van der Waals surface area contributed by atoms with E-state index in [1.165, 1.54) is 32.1 Å². The SMILES string of the molecule is Cc1cc(Cl)c(NC2CCCC(C(C)(C)C)CC2)cc1Cl. The molecule has 1 aliphatic rings. The van der Waals surface area contributed by atoms with Crippen molar-refractivity contribution < 1.29 is 0 Å². The van der Waals surface area contributed by atoms with Gasteiger partial charge in [0.2, 0.25) is 0 Å². The number of aryl methyl sites for hydroxylation is 1. The predicted octanol–water partition coefficient (Wildman–Crippen LogP) is 6.71. The molecule has 2 rings (SSSR count). The van der Waals surface area contributed by atoms with Gasteiger partial charge in [-0.05, 0) is 61.6 Å². The molecule has 0 aromatic heterocycles. The summed E-state index contributed by atoms with van der Waals surface area (Å²) in [6.07, 6.45) is 6.34. The quantitative estimate of drug-likeness (QED) is 0.595. The normalized spacial score (nSPS) is 23.7. The van der Waals surface area contributed by atoms with Gasteiger partial charge in [-0.1, -0.05) is 50.4 Å². The fourth-order valence-corrected chi connectivity index (χ4v) is 3.73. The molecule has 0 aliphatic heterocycles. The molecule has 0 spiro atoms. The van der Waals surface area contributed by atoms with Crippen LogP contribution in [-0.2, 0) is 0 Å². The third-order valence-electron chi connectivity index (χ3n) is 4.80. The highest BCUT2D eigenvalue weighted by Gasteiger charge is 2.27. The van der Waals surface area contributed by atoms with Crippen molar-refractivity contribution in [3.05, 3.63) is 27.7 Å². The molecule has 0 amide bonds. The molecular formula is C18H27Cl2N. The van der Waals surface area contributed by atoms with Gasteiger partial charge in [0.1, 0.15) is 0 Å². The molecule has 1 nitrogen and oxygen atoms in total. The second-order valence-corrected chi connectivity index (χ2v) is 8.31. The Morgan fingerprint density at radius 3 is 2.38 bits per heavy atom. The monoisotopic (exact) mass is 327 g/mol. The van der Waals surface area contributed by atoms with E-state index in [4.69, 9.17) is 23.2 Å². The van der Waals surface area contributed by atoms with Crippen molar-refractivity contribution in [1.29, 1.82) is 0 Å². The molecule has 118 valence electrons. The first-order valence-electron chi connectivity index (χ1n) is 7.99. The third-order valence-corrected chi connectivity index (χ3v) is 5.52. The van der Waals surface area contributed by atoms with Gasteiger partial charge in [-0.25, -0.2) is 0 Å². The molecule has 1 N–H and O–H groups in total. The zero-order chi connectivity index (χ0) is 15.6. The largest absolute Gasteiger partial charge is 0.381 e. The number of benzene rings is 1. The molecule has 1 aliphatic carbocycles. The van der Waals surface area contributed by atoms with Gasteiger partial charge in [0.25, 0.3) is 0 Å². The van der Waals surface area contributed by atoms with E-state index in [-0.39, 0.29) is 0 Å². The van der Waals surface area contributed by atoms with Crippen molar-refractivity contribution in [2.24, 2.45) is 11.3 Å². The lowest BCUT2D eigenvalue weighted by molar-refractivity contribution is 0.214. The molecule has 2 atom stereocenters. The van der Waals surface area contributed by atoms with Gasteiger partial charge in [0.05, 0.1) is 10.7 Å². The molecule has 0 radical (unpaired) electrons. The smallest absolute Gasteiger partial charge is 0.0641 e. The van der Waals surface area contributed by atoms with Crippen LogP contribution in [0.4, 0.5) is 5.69 Å². The molecule has 3 heteroatoms. The number of nitrogens with one attached hydrogen (secondary N) is 1. The van der Waals surface area contributed by atoms with Gasteiger partial charge < -0.3 is 5.32 Å². The molecule has 0 heterocycles. The molecule has 1 aromatic rings. The van der Waals surface area contributed by atoms with Crippen molar-refractivity contribution >= 4 is 28.9 Å². The highest BCUT2D eigenvalue weighted by atomic mass is 35.5. The van der Waals surface area contributed by atoms with Gasteiger partial charge in [-0.2, -0.15) is 0 Å². The Hall–Kier alpha value is -0.400. The second kappa shape index (κ2) is 6.79. The van der Waals surface area contributed by atoms with Crippen LogP contribution in [0, 0.1) is 18.3 Å². The first kappa shape index (κ1) is 17.0. The molecule has 0 bridgehead atoms. The summed E-state index contributed by atoms with van der Waals surface area (Å²) in [7, 11) is 0. The first-order chi connectivity index (χ1) is 9.77. The predicted molar refractivity (Wildman–Crippen MR) is 94.6 cm³/mol. The summed E-state index contributed by atoms with van der Waals surface area (Å²) in [6.45, 7) is 9.07. The molecule has 1 saturated carbocycles. The van der Waals surface area contributed by atoms with Crippen molar-refractivity contribution in [1.82, 2.24) is 0 Å². The van der Waals surface area contributed by atoms with Gasteiger partial charge in [-0.3, -0.25) is 0 Å². The number of rotatable bonds is 2. The van der Waals surface area contributed by atoms with E-state index in [2.05, 4.69) is 26.1 Å². The van der Waals surface area contributed by atoms with Crippen LogP contribution < -0.4 is 5.32 Å². The van der Waals surface area contributed by atoms with Crippen LogP contribution in [0.2, 0.25) is 10.0 Å². The van der Waals surface area contributed by atoms with Crippen LogP contribution in [-0.4, -0.2) is 6.04 Å². The van der Waals surface area contributed by atoms with E-state index in [0.29, 0.717) is 11.5 Å². The van der Waals surface area contributed by atoms with Crippen molar-refractivity contribution in [3.63, 3.8) is 0 Å². The lowest BCUT2D eigenvalue weighted by atomic mass is 9.76. The summed E-state index contributed by atoms with van der Waals surface area (Å²) >= 11 is 12.6. The molecular weight excluding hydrogens is 301 g/mol. The minimum absolute atomic E-state index is 0.416. The molecule has 1 aromatic carbocycles. The average molecular weight is 328 g/mol. The van der Waals surface area contributed by atoms with Crippen LogP contribution in [0.3, 0.4) is 0 Å². The zero-order valence-corrected chi connectivity index (χ0v) is 15.1. The van der Waals surface area contributed by atoms with Crippen LogP contribution in [0.5, 0.6) is 0 Å². The Bertz CT molecular complexity index is 491. The summed E-state index contributed by atoms with van der Waals surface area (Å²) in [6, 6.07) is 4.42. The molecule has 2 unspecified atom stereocenters. The maximum Gasteiger partial charge on any atom is 0.0641 e. The zero-order valence-electron chi connectivity index (χ0n) is 13.6. The van der Waals surface area contributed by atoms with Gasteiger partial charge in [-0.15, -0.1) is 0 Å². The average Bonchev–Trinajstić information content (AvgIpc) is 2.61. The van der Waals surface area contributed by atoms with E-state index >= 15 is 0 Å². The fraction of sp³-hybridized carbons (Fsp3) is 0.667. The Labute approximate surface area is 139 Å². The Balaban J connectivity index is 2.03.